The molecule has 0 unspecified atom stereocenters. The van der Waals surface area contributed by atoms with E-state index in [9.17, 15) is 8.42 Å². The van der Waals surface area contributed by atoms with Crippen LogP contribution >= 0.6 is 0 Å². The largest absolute Gasteiger partial charge is 0.378 e. The van der Waals surface area contributed by atoms with E-state index in [1.807, 2.05) is 0 Å². The normalized spacial score (nSPS) is 18.5. The second kappa shape index (κ2) is 4.31. The third-order valence-electron chi connectivity index (χ3n) is 3.39. The molecule has 3 N–H and O–H groups in total. The molecule has 0 radical (unpaired) electrons. The van der Waals surface area contributed by atoms with Crippen molar-refractivity contribution < 1.29 is 8.42 Å². The number of nitrogens with one attached hydrogen (secondary N) is 1. The summed E-state index contributed by atoms with van der Waals surface area (Å²) in [5.41, 5.74) is 6.71. The van der Waals surface area contributed by atoms with Crippen LogP contribution in [0.3, 0.4) is 0 Å². The molecular weight excluding hydrogens is 236 g/mol. The summed E-state index contributed by atoms with van der Waals surface area (Å²) in [4.78, 5) is 0.346. The molecule has 5 heteroatoms. The second-order valence-electron chi connectivity index (χ2n) is 4.76. The van der Waals surface area contributed by atoms with Crippen LogP contribution in [0.25, 0.3) is 0 Å². The molecule has 94 valence electrons. The smallest absolute Gasteiger partial charge is 0.175 e. The van der Waals surface area contributed by atoms with Gasteiger partial charge in [-0.15, -0.1) is 0 Å². The Kier molecular flexibility index (Phi) is 3.14. The lowest BCUT2D eigenvalue weighted by molar-refractivity contribution is 0.287. The van der Waals surface area contributed by atoms with Crippen molar-refractivity contribution in [3.63, 3.8) is 0 Å². The molecule has 0 spiro atoms. The van der Waals surface area contributed by atoms with Gasteiger partial charge in [0.1, 0.15) is 0 Å². The summed E-state index contributed by atoms with van der Waals surface area (Å²) < 4.78 is 22.6. The quantitative estimate of drug-likeness (QED) is 0.851. The standard InChI is InChI=1S/C12H18N2O2S/c1-17(15,16)11-5-3-10(4-6-11)14-12(9-13)7-2-8-12/h3-6,14H,2,7-9,13H2,1H3. The van der Waals surface area contributed by atoms with Gasteiger partial charge < -0.3 is 11.1 Å². The van der Waals surface area contributed by atoms with E-state index in [4.69, 9.17) is 5.73 Å². The zero-order valence-corrected chi connectivity index (χ0v) is 10.8. The molecule has 1 saturated carbocycles. The molecule has 0 bridgehead atoms. The van der Waals surface area contributed by atoms with E-state index in [1.54, 1.807) is 24.3 Å². The maximum Gasteiger partial charge on any atom is 0.175 e. The van der Waals surface area contributed by atoms with E-state index < -0.39 is 9.84 Å². The van der Waals surface area contributed by atoms with Gasteiger partial charge in [0.2, 0.25) is 0 Å². The molecule has 2 rings (SSSR count). The van der Waals surface area contributed by atoms with Crippen molar-refractivity contribution in [2.45, 2.75) is 29.7 Å². The Morgan fingerprint density at radius 2 is 1.88 bits per heavy atom. The first-order chi connectivity index (χ1) is 7.95. The van der Waals surface area contributed by atoms with Crippen LogP contribution in [-0.2, 0) is 9.84 Å². The highest BCUT2D eigenvalue weighted by molar-refractivity contribution is 7.90. The van der Waals surface area contributed by atoms with Crippen molar-refractivity contribution in [3.05, 3.63) is 24.3 Å². The Balaban J connectivity index is 2.14. The van der Waals surface area contributed by atoms with Crippen molar-refractivity contribution in [1.82, 2.24) is 0 Å². The van der Waals surface area contributed by atoms with E-state index in [0.717, 1.165) is 18.5 Å². The topological polar surface area (TPSA) is 72.2 Å². The number of sulfone groups is 1. The van der Waals surface area contributed by atoms with Crippen molar-refractivity contribution in [3.8, 4) is 0 Å². The molecule has 0 saturated heterocycles. The molecule has 4 nitrogen and oxygen atoms in total. The number of anilines is 1. The van der Waals surface area contributed by atoms with Gasteiger partial charge in [0.25, 0.3) is 0 Å². The molecule has 1 fully saturated rings. The van der Waals surface area contributed by atoms with Gasteiger partial charge in [-0.25, -0.2) is 8.42 Å². The van der Waals surface area contributed by atoms with Gasteiger partial charge >= 0.3 is 0 Å². The van der Waals surface area contributed by atoms with Gasteiger partial charge in [-0.3, -0.25) is 0 Å². The molecule has 1 aromatic rings. The fraction of sp³-hybridized carbons (Fsp3) is 0.500. The summed E-state index contributed by atoms with van der Waals surface area (Å²) in [5, 5.41) is 3.40. The highest BCUT2D eigenvalue weighted by Gasteiger charge is 2.35. The number of benzene rings is 1. The first-order valence-electron chi connectivity index (χ1n) is 5.74. The summed E-state index contributed by atoms with van der Waals surface area (Å²) in [6, 6.07) is 6.85. The number of nitrogens with two attached hydrogens (primary N) is 1. The molecule has 0 heterocycles. The summed E-state index contributed by atoms with van der Waals surface area (Å²) in [5.74, 6) is 0. The van der Waals surface area contributed by atoms with Crippen LogP contribution in [0.2, 0.25) is 0 Å². The fourth-order valence-corrected chi connectivity index (χ4v) is 2.71. The van der Waals surface area contributed by atoms with Crippen molar-refractivity contribution in [1.29, 1.82) is 0 Å². The van der Waals surface area contributed by atoms with Crippen LogP contribution in [0, 0.1) is 0 Å². The van der Waals surface area contributed by atoms with Gasteiger partial charge in [0.15, 0.2) is 9.84 Å². The number of hydrogen-bond donors (Lipinski definition) is 2. The number of rotatable bonds is 4. The highest BCUT2D eigenvalue weighted by atomic mass is 32.2. The predicted molar refractivity (Wildman–Crippen MR) is 68.8 cm³/mol. The zero-order chi connectivity index (χ0) is 12.5. The third-order valence-corrected chi connectivity index (χ3v) is 4.52. The summed E-state index contributed by atoms with van der Waals surface area (Å²) in [6.07, 6.45) is 4.57. The first-order valence-corrected chi connectivity index (χ1v) is 7.63. The lowest BCUT2D eigenvalue weighted by Crippen LogP contribution is -2.51. The van der Waals surface area contributed by atoms with E-state index in [-0.39, 0.29) is 5.54 Å². The summed E-state index contributed by atoms with van der Waals surface area (Å²) >= 11 is 0. The minimum atomic E-state index is -3.11. The lowest BCUT2D eigenvalue weighted by atomic mass is 9.76. The monoisotopic (exact) mass is 254 g/mol. The molecule has 0 amide bonds. The molecule has 0 atom stereocenters. The SMILES string of the molecule is CS(=O)(=O)c1ccc(NC2(CN)CCC2)cc1. The molecule has 1 aromatic carbocycles. The average molecular weight is 254 g/mol. The summed E-state index contributed by atoms with van der Waals surface area (Å²) in [6.45, 7) is 0.612. The van der Waals surface area contributed by atoms with Crippen LogP contribution in [0.15, 0.2) is 29.2 Å². The van der Waals surface area contributed by atoms with Crippen molar-refractivity contribution in [2.75, 3.05) is 18.1 Å². The van der Waals surface area contributed by atoms with Gasteiger partial charge in [0.05, 0.1) is 4.90 Å². The molecule has 1 aliphatic rings. The molecule has 1 aliphatic carbocycles. The van der Waals surface area contributed by atoms with Crippen LogP contribution in [0.4, 0.5) is 5.69 Å². The maximum atomic E-state index is 11.3. The van der Waals surface area contributed by atoms with Gasteiger partial charge in [-0.05, 0) is 43.5 Å². The molecular formula is C12H18N2O2S. The van der Waals surface area contributed by atoms with Crippen LogP contribution in [-0.4, -0.2) is 26.8 Å². The summed E-state index contributed by atoms with van der Waals surface area (Å²) in [7, 11) is -3.11. The van der Waals surface area contributed by atoms with E-state index in [0.29, 0.717) is 11.4 Å². The minimum Gasteiger partial charge on any atom is -0.378 e. The van der Waals surface area contributed by atoms with Crippen LogP contribution in [0.5, 0.6) is 0 Å². The zero-order valence-electron chi connectivity index (χ0n) is 9.94. The predicted octanol–water partition coefficient (Wildman–Crippen LogP) is 1.38. The molecule has 0 aromatic heterocycles. The fourth-order valence-electron chi connectivity index (χ4n) is 2.08. The molecule has 0 aliphatic heterocycles. The van der Waals surface area contributed by atoms with E-state index in [1.165, 1.54) is 12.7 Å². The van der Waals surface area contributed by atoms with Crippen molar-refractivity contribution in [2.24, 2.45) is 5.73 Å². The number of hydrogen-bond acceptors (Lipinski definition) is 4. The van der Waals surface area contributed by atoms with Gasteiger partial charge in [-0.2, -0.15) is 0 Å². The van der Waals surface area contributed by atoms with Crippen LogP contribution < -0.4 is 11.1 Å². The Hall–Kier alpha value is -1.07. The van der Waals surface area contributed by atoms with E-state index >= 15 is 0 Å². The third kappa shape index (κ3) is 2.61. The van der Waals surface area contributed by atoms with E-state index in [2.05, 4.69) is 5.32 Å². The maximum absolute atomic E-state index is 11.3. The highest BCUT2D eigenvalue weighted by Crippen LogP contribution is 2.34. The first kappa shape index (κ1) is 12.4. The minimum absolute atomic E-state index is 0.0204. The van der Waals surface area contributed by atoms with Gasteiger partial charge in [-0.1, -0.05) is 0 Å². The van der Waals surface area contributed by atoms with Gasteiger partial charge in [0, 0.05) is 24.0 Å². The molecule has 17 heavy (non-hydrogen) atoms. The Labute approximate surface area is 102 Å². The van der Waals surface area contributed by atoms with Crippen LogP contribution in [0.1, 0.15) is 19.3 Å². The Bertz CT molecular complexity index is 484. The lowest BCUT2D eigenvalue weighted by Gasteiger charge is -2.42. The van der Waals surface area contributed by atoms with Crippen molar-refractivity contribution >= 4 is 15.5 Å². The Morgan fingerprint density at radius 3 is 2.24 bits per heavy atom. The second-order valence-corrected chi connectivity index (χ2v) is 6.78. The Morgan fingerprint density at radius 1 is 1.29 bits per heavy atom. The average Bonchev–Trinajstić information content (AvgIpc) is 2.23.